The molecule has 2 heterocycles. The fourth-order valence-electron chi connectivity index (χ4n) is 4.07. The maximum Gasteiger partial charge on any atom is 0.243 e. The minimum Gasteiger partial charge on any atom is -0.491 e. The second kappa shape index (κ2) is 9.82. The van der Waals surface area contributed by atoms with Gasteiger partial charge in [-0.3, -0.25) is 0 Å². The fraction of sp³-hybridized carbons (Fsp3) is 0.364. The SMILES string of the molecule is CC(C)Oc1ccc(S(=O)(=O)N2CCC(n3cc(SOOO)c4ccccc43)CC2)cc1. The molecular weight excluding hydrogens is 452 g/mol. The largest absolute Gasteiger partial charge is 0.491 e. The molecule has 0 saturated carbocycles. The zero-order valence-electron chi connectivity index (χ0n) is 17.9. The Labute approximate surface area is 191 Å². The number of piperidine rings is 1. The first kappa shape index (κ1) is 23.1. The zero-order chi connectivity index (χ0) is 22.7. The lowest BCUT2D eigenvalue weighted by atomic mass is 10.1. The van der Waals surface area contributed by atoms with Crippen molar-refractivity contribution in [2.24, 2.45) is 0 Å². The van der Waals surface area contributed by atoms with Crippen molar-refractivity contribution in [3.05, 3.63) is 54.7 Å². The zero-order valence-corrected chi connectivity index (χ0v) is 19.5. The van der Waals surface area contributed by atoms with Crippen LogP contribution in [0, 0.1) is 0 Å². The van der Waals surface area contributed by atoms with Gasteiger partial charge in [-0.25, -0.2) is 13.7 Å². The van der Waals surface area contributed by atoms with E-state index in [0.29, 0.717) is 31.7 Å². The molecule has 0 bridgehead atoms. The number of hydrogen-bond donors (Lipinski definition) is 1. The van der Waals surface area contributed by atoms with Gasteiger partial charge >= 0.3 is 0 Å². The van der Waals surface area contributed by atoms with Crippen molar-refractivity contribution in [2.45, 2.75) is 48.6 Å². The Hall–Kier alpha value is -2.08. The molecule has 4 rings (SSSR count). The Morgan fingerprint density at radius 3 is 2.41 bits per heavy atom. The van der Waals surface area contributed by atoms with E-state index in [1.807, 2.05) is 44.3 Å². The lowest BCUT2D eigenvalue weighted by Gasteiger charge is -2.32. The second-order valence-corrected chi connectivity index (χ2v) is 10.6. The number of para-hydroxylation sites is 1. The topological polar surface area (TPSA) is 90.2 Å². The molecule has 0 aliphatic carbocycles. The summed E-state index contributed by atoms with van der Waals surface area (Å²) in [6.07, 6.45) is 3.36. The van der Waals surface area contributed by atoms with Crippen LogP contribution in [0.25, 0.3) is 10.9 Å². The molecule has 0 spiro atoms. The van der Waals surface area contributed by atoms with Crippen LogP contribution in [0.3, 0.4) is 0 Å². The van der Waals surface area contributed by atoms with E-state index in [1.54, 1.807) is 28.6 Å². The predicted octanol–water partition coefficient (Wildman–Crippen LogP) is 4.88. The predicted molar refractivity (Wildman–Crippen MR) is 122 cm³/mol. The van der Waals surface area contributed by atoms with Gasteiger partial charge in [0, 0.05) is 36.2 Å². The van der Waals surface area contributed by atoms with E-state index in [2.05, 4.69) is 13.9 Å². The summed E-state index contributed by atoms with van der Waals surface area (Å²) in [5.74, 6) is 0.654. The van der Waals surface area contributed by atoms with Crippen molar-refractivity contribution in [3.8, 4) is 5.75 Å². The summed E-state index contributed by atoms with van der Waals surface area (Å²) < 4.78 is 40.2. The number of nitrogens with zero attached hydrogens (tertiary/aromatic N) is 2. The quantitative estimate of drug-likeness (QED) is 0.280. The van der Waals surface area contributed by atoms with Crippen LogP contribution in [-0.2, 0) is 19.4 Å². The van der Waals surface area contributed by atoms with Crippen LogP contribution in [0.2, 0.25) is 0 Å². The van der Waals surface area contributed by atoms with Crippen LogP contribution < -0.4 is 4.74 Å². The number of rotatable bonds is 8. The van der Waals surface area contributed by atoms with Crippen molar-refractivity contribution in [2.75, 3.05) is 13.1 Å². The van der Waals surface area contributed by atoms with Crippen molar-refractivity contribution >= 4 is 33.0 Å². The number of hydrogen-bond acceptors (Lipinski definition) is 7. The van der Waals surface area contributed by atoms with Gasteiger partial charge in [0.05, 0.1) is 27.9 Å². The van der Waals surface area contributed by atoms with E-state index in [-0.39, 0.29) is 17.0 Å². The van der Waals surface area contributed by atoms with Gasteiger partial charge in [-0.1, -0.05) is 23.2 Å². The first-order valence-corrected chi connectivity index (χ1v) is 12.6. The van der Waals surface area contributed by atoms with Gasteiger partial charge in [-0.2, -0.15) is 4.31 Å². The highest BCUT2D eigenvalue weighted by Gasteiger charge is 2.30. The molecule has 3 aromatic rings. The first-order valence-electron chi connectivity index (χ1n) is 10.4. The highest BCUT2D eigenvalue weighted by Crippen LogP contribution is 2.36. The highest BCUT2D eigenvalue weighted by molar-refractivity contribution is 7.94. The van der Waals surface area contributed by atoms with E-state index >= 15 is 0 Å². The van der Waals surface area contributed by atoms with Gasteiger partial charge in [-0.05, 0) is 57.0 Å². The van der Waals surface area contributed by atoms with Crippen LogP contribution in [0.15, 0.2) is 64.5 Å². The normalized spacial score (nSPS) is 16.1. The summed E-state index contributed by atoms with van der Waals surface area (Å²) in [5.41, 5.74) is 1.03. The van der Waals surface area contributed by atoms with E-state index < -0.39 is 10.0 Å². The third kappa shape index (κ3) is 4.80. The van der Waals surface area contributed by atoms with Crippen LogP contribution >= 0.6 is 12.0 Å². The Kier molecular flexibility index (Phi) is 7.08. The van der Waals surface area contributed by atoms with Crippen LogP contribution in [0.4, 0.5) is 0 Å². The molecule has 0 amide bonds. The number of fused-ring (bicyclic) bond motifs is 1. The molecule has 2 aromatic carbocycles. The Bertz CT molecular complexity index is 1150. The minimum absolute atomic E-state index is 0.0305. The third-order valence-corrected chi connectivity index (χ3v) is 8.06. The molecule has 8 nitrogen and oxygen atoms in total. The molecule has 1 fully saturated rings. The summed E-state index contributed by atoms with van der Waals surface area (Å²) in [6, 6.07) is 14.6. The lowest BCUT2D eigenvalue weighted by molar-refractivity contribution is -0.432. The lowest BCUT2D eigenvalue weighted by Crippen LogP contribution is -2.38. The van der Waals surface area contributed by atoms with E-state index in [0.717, 1.165) is 27.8 Å². The molecule has 0 unspecified atom stereocenters. The first-order chi connectivity index (χ1) is 15.4. The maximum absolute atomic E-state index is 13.1. The van der Waals surface area contributed by atoms with Crippen LogP contribution in [0.1, 0.15) is 32.7 Å². The van der Waals surface area contributed by atoms with Crippen molar-refractivity contribution in [3.63, 3.8) is 0 Å². The van der Waals surface area contributed by atoms with Crippen molar-refractivity contribution in [1.82, 2.24) is 8.87 Å². The van der Waals surface area contributed by atoms with Crippen molar-refractivity contribution < 1.29 is 27.8 Å². The van der Waals surface area contributed by atoms with E-state index in [4.69, 9.17) is 9.99 Å². The summed E-state index contributed by atoms with van der Waals surface area (Å²) in [6.45, 7) is 4.72. The average Bonchev–Trinajstić information content (AvgIpc) is 3.16. The van der Waals surface area contributed by atoms with E-state index in [1.165, 1.54) is 0 Å². The Morgan fingerprint density at radius 1 is 1.06 bits per heavy atom. The van der Waals surface area contributed by atoms with Crippen LogP contribution in [-0.4, -0.2) is 41.7 Å². The Balaban J connectivity index is 1.48. The molecule has 1 aromatic heterocycles. The summed E-state index contributed by atoms with van der Waals surface area (Å²) in [5, 5.41) is 13.2. The van der Waals surface area contributed by atoms with Crippen molar-refractivity contribution in [1.29, 1.82) is 0 Å². The highest BCUT2D eigenvalue weighted by atomic mass is 32.2. The summed E-state index contributed by atoms with van der Waals surface area (Å²) in [7, 11) is -3.56. The van der Waals surface area contributed by atoms with Crippen LogP contribution in [0.5, 0.6) is 5.75 Å². The maximum atomic E-state index is 13.1. The fourth-order valence-corrected chi connectivity index (χ4v) is 6.06. The molecule has 0 atom stereocenters. The molecule has 1 aliphatic rings. The molecule has 1 saturated heterocycles. The molecule has 32 heavy (non-hydrogen) atoms. The molecular formula is C22H26N2O6S2. The molecule has 1 aliphatic heterocycles. The van der Waals surface area contributed by atoms with Gasteiger partial charge in [0.15, 0.2) is 0 Å². The molecule has 172 valence electrons. The number of sulfonamides is 1. The third-order valence-electron chi connectivity index (χ3n) is 5.51. The van der Waals surface area contributed by atoms with Gasteiger partial charge < -0.3 is 9.30 Å². The number of benzene rings is 2. The van der Waals surface area contributed by atoms with Gasteiger partial charge in [-0.15, -0.1) is 4.33 Å². The molecule has 10 heteroatoms. The monoisotopic (exact) mass is 478 g/mol. The van der Waals surface area contributed by atoms with Gasteiger partial charge in [0.2, 0.25) is 10.0 Å². The number of aromatic nitrogens is 1. The minimum atomic E-state index is -3.56. The Morgan fingerprint density at radius 2 is 1.75 bits per heavy atom. The molecule has 1 N–H and O–H groups in total. The summed E-state index contributed by atoms with van der Waals surface area (Å²) in [4.78, 5) is 1.09. The summed E-state index contributed by atoms with van der Waals surface area (Å²) >= 11 is 0.932. The molecule has 0 radical (unpaired) electrons. The van der Waals surface area contributed by atoms with E-state index in [9.17, 15) is 8.42 Å². The average molecular weight is 479 g/mol. The second-order valence-electron chi connectivity index (χ2n) is 7.92. The van der Waals surface area contributed by atoms with Gasteiger partial charge in [0.25, 0.3) is 0 Å². The standard InChI is InChI=1S/C22H26N2O6S2/c1-16(2)28-18-7-9-19(10-8-18)32(26,27)23-13-11-17(12-14-23)24-15-22(31-30-29-25)20-5-3-4-6-21(20)24/h3-10,15-17,25H,11-14H2,1-2H3. The smallest absolute Gasteiger partial charge is 0.243 e. The van der Waals surface area contributed by atoms with Gasteiger partial charge in [0.1, 0.15) is 5.75 Å². The number of ether oxygens (including phenoxy) is 1.